The van der Waals surface area contributed by atoms with Gasteiger partial charge in [-0.3, -0.25) is 4.79 Å². The van der Waals surface area contributed by atoms with Crippen molar-refractivity contribution in [3.05, 3.63) is 38.4 Å². The Balaban J connectivity index is 2.47. The Morgan fingerprint density at radius 3 is 2.68 bits per heavy atom. The van der Waals surface area contributed by atoms with Gasteiger partial charge in [-0.2, -0.15) is 14.9 Å². The predicted molar refractivity (Wildman–Crippen MR) is 85.2 cm³/mol. The molecule has 0 atom stereocenters. The van der Waals surface area contributed by atoms with Gasteiger partial charge in [-0.05, 0) is 19.8 Å². The van der Waals surface area contributed by atoms with E-state index in [4.69, 9.17) is 0 Å². The van der Waals surface area contributed by atoms with Crippen molar-refractivity contribution in [3.8, 4) is 16.6 Å². The van der Waals surface area contributed by atoms with Crippen LogP contribution in [0, 0.1) is 25.2 Å². The molecule has 0 amide bonds. The smallest absolute Gasteiger partial charge is 0.278 e. The fourth-order valence-electron chi connectivity index (χ4n) is 2.59. The minimum absolute atomic E-state index is 0.0275. The van der Waals surface area contributed by atoms with E-state index in [2.05, 4.69) is 21.1 Å². The summed E-state index contributed by atoms with van der Waals surface area (Å²) in [4.78, 5) is 21.4. The Bertz CT molecular complexity index is 970. The third-order valence-corrected chi connectivity index (χ3v) is 4.62. The van der Waals surface area contributed by atoms with Crippen LogP contribution in [-0.4, -0.2) is 19.6 Å². The van der Waals surface area contributed by atoms with E-state index in [0.717, 1.165) is 21.3 Å². The molecular formula is C15H15N5OS. The lowest BCUT2D eigenvalue weighted by Crippen LogP contribution is -2.22. The molecule has 22 heavy (non-hydrogen) atoms. The van der Waals surface area contributed by atoms with Crippen LogP contribution in [0.5, 0.6) is 0 Å². The fourth-order valence-corrected chi connectivity index (χ4v) is 3.52. The lowest BCUT2D eigenvalue weighted by molar-refractivity contribution is 0.798. The molecule has 0 aromatic carbocycles. The first kappa shape index (κ1) is 14.5. The number of nitriles is 1. The van der Waals surface area contributed by atoms with Gasteiger partial charge in [0.1, 0.15) is 11.6 Å². The van der Waals surface area contributed by atoms with Gasteiger partial charge in [0.15, 0.2) is 5.65 Å². The molecule has 0 aliphatic heterocycles. The van der Waals surface area contributed by atoms with Crippen LogP contribution >= 0.6 is 11.3 Å². The summed E-state index contributed by atoms with van der Waals surface area (Å²) in [6, 6.07) is 2.06. The third kappa shape index (κ3) is 2.04. The van der Waals surface area contributed by atoms with Gasteiger partial charge in [0.2, 0.25) is 0 Å². The fraction of sp³-hybridized carbons (Fsp3) is 0.333. The zero-order valence-corrected chi connectivity index (χ0v) is 13.6. The summed E-state index contributed by atoms with van der Waals surface area (Å²) in [7, 11) is 0. The van der Waals surface area contributed by atoms with Crippen LogP contribution in [0.3, 0.4) is 0 Å². The van der Waals surface area contributed by atoms with E-state index in [1.165, 1.54) is 22.0 Å². The molecular weight excluding hydrogens is 298 g/mol. The number of nitrogens with zero attached hydrogens (tertiary/aromatic N) is 4. The minimum atomic E-state index is -0.189. The topological polar surface area (TPSA) is 86.8 Å². The highest BCUT2D eigenvalue weighted by Crippen LogP contribution is 2.32. The van der Waals surface area contributed by atoms with Crippen molar-refractivity contribution in [2.45, 2.75) is 33.6 Å². The molecule has 0 fully saturated rings. The van der Waals surface area contributed by atoms with E-state index in [0.29, 0.717) is 16.8 Å². The summed E-state index contributed by atoms with van der Waals surface area (Å²) in [5.74, 6) is 0.0275. The molecule has 0 spiro atoms. The quantitative estimate of drug-likeness (QED) is 0.788. The van der Waals surface area contributed by atoms with E-state index in [1.807, 2.05) is 27.7 Å². The maximum Gasteiger partial charge on any atom is 0.278 e. The Labute approximate surface area is 131 Å². The second-order valence-electron chi connectivity index (χ2n) is 5.45. The molecule has 3 aromatic rings. The second kappa shape index (κ2) is 5.07. The SMILES string of the molecule is Cc1nc(C)c(-c2[nH]c3c(C#N)cnn3c(=O)c2C(C)C)s1. The summed E-state index contributed by atoms with van der Waals surface area (Å²) in [6.45, 7) is 7.80. The monoisotopic (exact) mass is 313 g/mol. The van der Waals surface area contributed by atoms with E-state index in [1.54, 1.807) is 0 Å². The van der Waals surface area contributed by atoms with Crippen LogP contribution in [0.1, 0.15) is 41.6 Å². The summed E-state index contributed by atoms with van der Waals surface area (Å²) in [6.07, 6.45) is 1.41. The van der Waals surface area contributed by atoms with Crippen LogP contribution in [0.25, 0.3) is 16.2 Å². The summed E-state index contributed by atoms with van der Waals surface area (Å²) in [5.41, 5.74) is 2.87. The number of hydrogen-bond acceptors (Lipinski definition) is 5. The summed E-state index contributed by atoms with van der Waals surface area (Å²) in [5, 5.41) is 14.2. The molecule has 0 radical (unpaired) electrons. The highest BCUT2D eigenvalue weighted by atomic mass is 32.1. The molecule has 3 aromatic heterocycles. The number of fused-ring (bicyclic) bond motifs is 1. The predicted octanol–water partition coefficient (Wildman–Crippen LogP) is 2.76. The van der Waals surface area contributed by atoms with Crippen molar-refractivity contribution >= 4 is 17.0 Å². The number of hydrogen-bond donors (Lipinski definition) is 1. The van der Waals surface area contributed by atoms with Gasteiger partial charge in [-0.1, -0.05) is 13.8 Å². The van der Waals surface area contributed by atoms with E-state index >= 15 is 0 Å². The first-order chi connectivity index (χ1) is 10.4. The molecule has 6 nitrogen and oxygen atoms in total. The summed E-state index contributed by atoms with van der Waals surface area (Å²) >= 11 is 1.54. The van der Waals surface area contributed by atoms with Crippen LogP contribution in [0.2, 0.25) is 0 Å². The van der Waals surface area contributed by atoms with E-state index in [-0.39, 0.29) is 11.5 Å². The average molecular weight is 313 g/mol. The van der Waals surface area contributed by atoms with Gasteiger partial charge in [0, 0.05) is 5.56 Å². The summed E-state index contributed by atoms with van der Waals surface area (Å²) < 4.78 is 1.26. The highest BCUT2D eigenvalue weighted by Gasteiger charge is 2.21. The number of rotatable bonds is 2. The minimum Gasteiger partial charge on any atom is -0.337 e. The van der Waals surface area contributed by atoms with Crippen LogP contribution in [0.4, 0.5) is 0 Å². The van der Waals surface area contributed by atoms with Crippen LogP contribution in [-0.2, 0) is 0 Å². The number of nitrogens with one attached hydrogen (secondary N) is 1. The maximum atomic E-state index is 12.8. The zero-order valence-electron chi connectivity index (χ0n) is 12.8. The van der Waals surface area contributed by atoms with Gasteiger partial charge >= 0.3 is 0 Å². The van der Waals surface area contributed by atoms with Crippen LogP contribution < -0.4 is 5.56 Å². The Kier molecular flexibility index (Phi) is 3.34. The van der Waals surface area contributed by atoms with Crippen molar-refractivity contribution in [1.29, 1.82) is 5.26 Å². The standard InChI is InChI=1S/C15H15N5OS/c1-7(2)11-12(13-8(3)18-9(4)22-13)19-14-10(5-16)6-17-20(14)15(11)21/h6-7,19H,1-4H3. The highest BCUT2D eigenvalue weighted by molar-refractivity contribution is 7.15. The van der Waals surface area contributed by atoms with Gasteiger partial charge in [-0.15, -0.1) is 11.3 Å². The first-order valence-electron chi connectivity index (χ1n) is 6.92. The lowest BCUT2D eigenvalue weighted by Gasteiger charge is -2.12. The van der Waals surface area contributed by atoms with E-state index in [9.17, 15) is 10.1 Å². The van der Waals surface area contributed by atoms with Crippen molar-refractivity contribution in [2.75, 3.05) is 0 Å². The number of thiazole rings is 1. The molecule has 1 N–H and O–H groups in total. The Morgan fingerprint density at radius 2 is 2.14 bits per heavy atom. The van der Waals surface area contributed by atoms with Gasteiger partial charge in [0.05, 0.1) is 27.5 Å². The second-order valence-corrected chi connectivity index (χ2v) is 6.65. The largest absolute Gasteiger partial charge is 0.337 e. The first-order valence-corrected chi connectivity index (χ1v) is 7.74. The number of aromatic amines is 1. The van der Waals surface area contributed by atoms with E-state index < -0.39 is 0 Å². The molecule has 0 aliphatic carbocycles. The molecule has 0 saturated heterocycles. The maximum absolute atomic E-state index is 12.8. The molecule has 0 bridgehead atoms. The Hall–Kier alpha value is -2.46. The third-order valence-electron chi connectivity index (χ3n) is 3.53. The number of aryl methyl sites for hydroxylation is 2. The van der Waals surface area contributed by atoms with Crippen molar-refractivity contribution in [2.24, 2.45) is 0 Å². The molecule has 0 unspecified atom stereocenters. The molecule has 3 rings (SSSR count). The number of aromatic nitrogens is 4. The van der Waals surface area contributed by atoms with Crippen molar-refractivity contribution in [1.82, 2.24) is 19.6 Å². The molecule has 3 heterocycles. The lowest BCUT2D eigenvalue weighted by atomic mass is 10.0. The van der Waals surface area contributed by atoms with Crippen molar-refractivity contribution < 1.29 is 0 Å². The zero-order chi connectivity index (χ0) is 16.0. The average Bonchev–Trinajstić information content (AvgIpc) is 3.00. The van der Waals surface area contributed by atoms with Gasteiger partial charge in [-0.25, -0.2) is 4.98 Å². The Morgan fingerprint density at radius 1 is 1.41 bits per heavy atom. The molecule has 0 aliphatic rings. The van der Waals surface area contributed by atoms with Gasteiger partial charge in [0.25, 0.3) is 5.56 Å². The normalized spacial score (nSPS) is 11.3. The van der Waals surface area contributed by atoms with Gasteiger partial charge < -0.3 is 4.98 Å². The molecule has 112 valence electrons. The molecule has 7 heteroatoms. The number of H-pyrrole nitrogens is 1. The van der Waals surface area contributed by atoms with Crippen molar-refractivity contribution in [3.63, 3.8) is 0 Å². The molecule has 0 saturated carbocycles. The van der Waals surface area contributed by atoms with Crippen LogP contribution in [0.15, 0.2) is 11.0 Å².